The Labute approximate surface area is 139 Å². The lowest BCUT2D eigenvalue weighted by molar-refractivity contribution is 0.0942. The average Bonchev–Trinajstić information content (AvgIpc) is 3.30. The SMILES string of the molecule is COc1ccc(C(=O)n2ccc(/C=C/C3=CCCO3)n2)c(OC)c1. The largest absolute Gasteiger partial charge is 0.497 e. The molecule has 3 rings (SSSR count). The van der Waals surface area contributed by atoms with Crippen LogP contribution >= 0.6 is 0 Å². The number of nitrogens with zero attached hydrogens (tertiary/aromatic N) is 2. The van der Waals surface area contributed by atoms with Crippen LogP contribution in [0.15, 0.2) is 48.4 Å². The first-order valence-electron chi connectivity index (χ1n) is 7.54. The van der Waals surface area contributed by atoms with Crippen molar-refractivity contribution in [2.45, 2.75) is 6.42 Å². The maximum atomic E-state index is 12.6. The first kappa shape index (κ1) is 15.9. The third-order valence-electron chi connectivity index (χ3n) is 3.61. The third kappa shape index (κ3) is 3.32. The summed E-state index contributed by atoms with van der Waals surface area (Å²) in [6.45, 7) is 0.712. The van der Waals surface area contributed by atoms with Crippen LogP contribution in [0.5, 0.6) is 11.5 Å². The zero-order valence-electron chi connectivity index (χ0n) is 13.6. The molecule has 2 aromatic rings. The van der Waals surface area contributed by atoms with Crippen LogP contribution in [0.2, 0.25) is 0 Å². The minimum Gasteiger partial charge on any atom is -0.497 e. The Morgan fingerprint density at radius 2 is 2.12 bits per heavy atom. The second-order valence-corrected chi connectivity index (χ2v) is 5.13. The van der Waals surface area contributed by atoms with E-state index in [9.17, 15) is 4.79 Å². The lowest BCUT2D eigenvalue weighted by atomic mass is 10.2. The molecular weight excluding hydrogens is 308 g/mol. The highest BCUT2D eigenvalue weighted by molar-refractivity contribution is 5.98. The minimum atomic E-state index is -0.273. The molecule has 0 amide bonds. The molecule has 0 fully saturated rings. The summed E-state index contributed by atoms with van der Waals surface area (Å²) in [5, 5.41) is 4.28. The van der Waals surface area contributed by atoms with Gasteiger partial charge in [0.05, 0.1) is 32.1 Å². The average molecular weight is 326 g/mol. The van der Waals surface area contributed by atoms with Gasteiger partial charge in [-0.1, -0.05) is 0 Å². The van der Waals surface area contributed by atoms with Gasteiger partial charge in [0.1, 0.15) is 17.3 Å². The summed E-state index contributed by atoms with van der Waals surface area (Å²) < 4.78 is 17.1. The van der Waals surface area contributed by atoms with Crippen molar-refractivity contribution >= 4 is 12.0 Å². The molecule has 0 N–H and O–H groups in total. The van der Waals surface area contributed by atoms with Crippen molar-refractivity contribution in [2.75, 3.05) is 20.8 Å². The molecule has 124 valence electrons. The van der Waals surface area contributed by atoms with Crippen molar-refractivity contribution in [3.63, 3.8) is 0 Å². The summed E-state index contributed by atoms with van der Waals surface area (Å²) in [6, 6.07) is 6.81. The predicted molar refractivity (Wildman–Crippen MR) is 89.2 cm³/mol. The van der Waals surface area contributed by atoms with Crippen LogP contribution in [0.1, 0.15) is 22.5 Å². The Kier molecular flexibility index (Phi) is 4.65. The molecule has 0 saturated carbocycles. The number of aromatic nitrogens is 2. The van der Waals surface area contributed by atoms with Gasteiger partial charge in [-0.15, -0.1) is 0 Å². The summed E-state index contributed by atoms with van der Waals surface area (Å²) in [4.78, 5) is 12.6. The lowest BCUT2D eigenvalue weighted by Gasteiger charge is -2.09. The molecule has 0 radical (unpaired) electrons. The number of hydrogen-bond acceptors (Lipinski definition) is 5. The van der Waals surface area contributed by atoms with E-state index in [1.807, 2.05) is 18.2 Å². The molecule has 1 aliphatic rings. The first-order chi connectivity index (χ1) is 11.7. The Hall–Kier alpha value is -3.02. The molecule has 0 unspecified atom stereocenters. The van der Waals surface area contributed by atoms with Gasteiger partial charge in [0, 0.05) is 18.7 Å². The number of rotatable bonds is 5. The summed E-state index contributed by atoms with van der Waals surface area (Å²) >= 11 is 0. The standard InChI is InChI=1S/C18H18N2O4/c1-22-15-7-8-16(17(12-15)23-2)18(21)20-10-9-13(19-20)5-6-14-4-3-11-24-14/h4-10,12H,3,11H2,1-2H3/b6-5+. The zero-order chi connectivity index (χ0) is 16.9. The maximum absolute atomic E-state index is 12.6. The topological polar surface area (TPSA) is 62.6 Å². The molecule has 2 heterocycles. The van der Waals surface area contributed by atoms with Crippen LogP contribution in [0, 0.1) is 0 Å². The van der Waals surface area contributed by atoms with Gasteiger partial charge in [0.2, 0.25) is 0 Å². The van der Waals surface area contributed by atoms with Crippen molar-refractivity contribution in [1.29, 1.82) is 0 Å². The normalized spacial score (nSPS) is 13.7. The Balaban J connectivity index is 1.81. The summed E-state index contributed by atoms with van der Waals surface area (Å²) in [7, 11) is 3.07. The second kappa shape index (κ2) is 7.04. The zero-order valence-corrected chi connectivity index (χ0v) is 13.6. The van der Waals surface area contributed by atoms with Gasteiger partial charge >= 0.3 is 0 Å². The van der Waals surface area contributed by atoms with Crippen molar-refractivity contribution in [3.05, 3.63) is 59.6 Å². The van der Waals surface area contributed by atoms with Crippen molar-refractivity contribution in [1.82, 2.24) is 9.78 Å². The molecule has 0 aliphatic carbocycles. The number of allylic oxidation sites excluding steroid dienone is 1. The molecule has 24 heavy (non-hydrogen) atoms. The lowest BCUT2D eigenvalue weighted by Crippen LogP contribution is -2.14. The molecule has 6 nitrogen and oxygen atoms in total. The van der Waals surface area contributed by atoms with Gasteiger partial charge < -0.3 is 14.2 Å². The van der Waals surface area contributed by atoms with Gasteiger partial charge in [0.25, 0.3) is 5.91 Å². The molecule has 0 atom stereocenters. The highest BCUT2D eigenvalue weighted by Crippen LogP contribution is 2.25. The fourth-order valence-corrected chi connectivity index (χ4v) is 2.36. The van der Waals surface area contributed by atoms with E-state index in [-0.39, 0.29) is 5.91 Å². The van der Waals surface area contributed by atoms with Crippen LogP contribution in [0.4, 0.5) is 0 Å². The summed E-state index contributed by atoms with van der Waals surface area (Å²) in [6.07, 6.45) is 8.21. The van der Waals surface area contributed by atoms with Crippen LogP contribution < -0.4 is 9.47 Å². The minimum absolute atomic E-state index is 0.273. The molecule has 0 spiro atoms. The van der Waals surface area contributed by atoms with Gasteiger partial charge in [-0.2, -0.15) is 5.10 Å². The molecule has 1 aromatic heterocycles. The number of ether oxygens (including phenoxy) is 3. The monoisotopic (exact) mass is 326 g/mol. The van der Waals surface area contributed by atoms with E-state index in [1.165, 1.54) is 11.8 Å². The molecule has 0 bridgehead atoms. The predicted octanol–water partition coefficient (Wildman–Crippen LogP) is 2.91. The van der Waals surface area contributed by atoms with E-state index in [0.29, 0.717) is 29.4 Å². The number of methoxy groups -OCH3 is 2. The number of benzene rings is 1. The van der Waals surface area contributed by atoms with Crippen molar-refractivity contribution in [2.24, 2.45) is 0 Å². The van der Waals surface area contributed by atoms with E-state index in [4.69, 9.17) is 14.2 Å². The van der Waals surface area contributed by atoms with Crippen molar-refractivity contribution < 1.29 is 19.0 Å². The molecular formula is C18H18N2O4. The van der Waals surface area contributed by atoms with Crippen molar-refractivity contribution in [3.8, 4) is 11.5 Å². The van der Waals surface area contributed by atoms with E-state index >= 15 is 0 Å². The van der Waals surface area contributed by atoms with Gasteiger partial charge in [0.15, 0.2) is 0 Å². The summed E-state index contributed by atoms with van der Waals surface area (Å²) in [5.74, 6) is 1.62. The maximum Gasteiger partial charge on any atom is 0.281 e. The van der Waals surface area contributed by atoms with Gasteiger partial charge in [-0.05, 0) is 36.4 Å². The Bertz CT molecular complexity index is 805. The van der Waals surface area contributed by atoms with Gasteiger partial charge in [-0.25, -0.2) is 4.68 Å². The Morgan fingerprint density at radius 1 is 1.25 bits per heavy atom. The fourth-order valence-electron chi connectivity index (χ4n) is 2.36. The number of carbonyl (C=O) groups is 1. The number of carbonyl (C=O) groups excluding carboxylic acids is 1. The van der Waals surface area contributed by atoms with E-state index in [2.05, 4.69) is 5.10 Å². The second-order valence-electron chi connectivity index (χ2n) is 5.13. The van der Waals surface area contributed by atoms with Crippen LogP contribution in [0.25, 0.3) is 6.08 Å². The molecule has 1 aromatic carbocycles. The van der Waals surface area contributed by atoms with E-state index < -0.39 is 0 Å². The first-order valence-corrected chi connectivity index (χ1v) is 7.54. The third-order valence-corrected chi connectivity index (χ3v) is 3.61. The molecule has 0 saturated heterocycles. The highest BCUT2D eigenvalue weighted by Gasteiger charge is 2.16. The van der Waals surface area contributed by atoms with Crippen LogP contribution in [-0.2, 0) is 4.74 Å². The quantitative estimate of drug-likeness (QED) is 0.845. The fraction of sp³-hybridized carbons (Fsp3) is 0.222. The van der Waals surface area contributed by atoms with E-state index in [0.717, 1.165) is 12.2 Å². The van der Waals surface area contributed by atoms with E-state index in [1.54, 1.807) is 37.6 Å². The molecule has 6 heteroatoms. The van der Waals surface area contributed by atoms with Gasteiger partial charge in [-0.3, -0.25) is 4.79 Å². The van der Waals surface area contributed by atoms with Crippen LogP contribution in [-0.4, -0.2) is 36.5 Å². The smallest absolute Gasteiger partial charge is 0.281 e. The molecule has 1 aliphatic heterocycles. The number of hydrogen-bond donors (Lipinski definition) is 0. The summed E-state index contributed by atoms with van der Waals surface area (Å²) in [5.41, 5.74) is 1.09. The van der Waals surface area contributed by atoms with Crippen LogP contribution in [0.3, 0.4) is 0 Å². The highest BCUT2D eigenvalue weighted by atomic mass is 16.5. The Morgan fingerprint density at radius 3 is 2.83 bits per heavy atom.